The number of benzene rings is 1. The minimum Gasteiger partial charge on any atom is -0.355 e. The molecule has 0 aliphatic carbocycles. The lowest BCUT2D eigenvalue weighted by atomic mass is 10.1. The third-order valence-corrected chi connectivity index (χ3v) is 4.44. The fraction of sp³-hybridized carbons (Fsp3) is 0.143. The van der Waals surface area contributed by atoms with Gasteiger partial charge in [-0.2, -0.15) is 0 Å². The molecule has 3 rings (SSSR count). The van der Waals surface area contributed by atoms with E-state index in [-0.39, 0.29) is 11.4 Å². The molecule has 2 aromatic rings. The number of nitrogens with zero attached hydrogens (tertiary/aromatic N) is 1. The van der Waals surface area contributed by atoms with Gasteiger partial charge in [-0.15, -0.1) is 0 Å². The number of amides is 1. The van der Waals surface area contributed by atoms with Crippen LogP contribution in [0.15, 0.2) is 52.4 Å². The Kier molecular flexibility index (Phi) is 3.34. The molecular weight excluding hydrogens is 292 g/mol. The fourth-order valence-electron chi connectivity index (χ4n) is 2.03. The average molecular weight is 304 g/mol. The third kappa shape index (κ3) is 3.03. The lowest BCUT2D eigenvalue weighted by Gasteiger charge is -2.07. The maximum Gasteiger partial charge on any atom is 0.273 e. The van der Waals surface area contributed by atoms with E-state index in [1.54, 1.807) is 0 Å². The summed E-state index contributed by atoms with van der Waals surface area (Å²) in [7, 11) is -3.20. The Bertz CT molecular complexity index is 793. The van der Waals surface area contributed by atoms with E-state index in [1.807, 2.05) is 30.3 Å². The SMILES string of the molecule is O=C(NC1C=CS(=O)(=O)C1)c1cc(-c2ccccc2)on1. The topological polar surface area (TPSA) is 89.3 Å². The first-order valence-corrected chi connectivity index (χ1v) is 7.99. The van der Waals surface area contributed by atoms with Gasteiger partial charge in [0, 0.05) is 17.0 Å². The summed E-state index contributed by atoms with van der Waals surface area (Å²) >= 11 is 0. The van der Waals surface area contributed by atoms with Crippen molar-refractivity contribution in [2.24, 2.45) is 0 Å². The highest BCUT2D eigenvalue weighted by molar-refractivity contribution is 7.94. The second-order valence-corrected chi connectivity index (χ2v) is 6.61. The fourth-order valence-corrected chi connectivity index (χ4v) is 3.26. The van der Waals surface area contributed by atoms with Crippen LogP contribution in [0.25, 0.3) is 11.3 Å². The van der Waals surface area contributed by atoms with Crippen molar-refractivity contribution in [3.8, 4) is 11.3 Å². The van der Waals surface area contributed by atoms with Crippen molar-refractivity contribution in [1.82, 2.24) is 10.5 Å². The van der Waals surface area contributed by atoms with Gasteiger partial charge in [0.25, 0.3) is 5.91 Å². The average Bonchev–Trinajstić information content (AvgIpc) is 3.07. The van der Waals surface area contributed by atoms with E-state index in [9.17, 15) is 13.2 Å². The van der Waals surface area contributed by atoms with Gasteiger partial charge in [-0.3, -0.25) is 4.79 Å². The van der Waals surface area contributed by atoms with Crippen molar-refractivity contribution in [3.05, 3.63) is 53.6 Å². The molecule has 1 atom stereocenters. The Morgan fingerprint density at radius 2 is 2.05 bits per heavy atom. The van der Waals surface area contributed by atoms with Crippen LogP contribution < -0.4 is 5.32 Å². The van der Waals surface area contributed by atoms with E-state index in [4.69, 9.17) is 4.52 Å². The number of nitrogens with one attached hydrogen (secondary N) is 1. The maximum absolute atomic E-state index is 12.0. The molecule has 1 aromatic carbocycles. The summed E-state index contributed by atoms with van der Waals surface area (Å²) in [6.07, 6.45) is 1.45. The molecule has 1 amide bonds. The van der Waals surface area contributed by atoms with Crippen molar-refractivity contribution in [2.75, 3.05) is 5.75 Å². The molecule has 0 radical (unpaired) electrons. The minimum absolute atomic E-state index is 0.117. The molecule has 0 spiro atoms. The molecule has 108 valence electrons. The van der Waals surface area contributed by atoms with Crippen LogP contribution >= 0.6 is 0 Å². The van der Waals surface area contributed by atoms with E-state index in [0.29, 0.717) is 5.76 Å². The number of rotatable bonds is 3. The van der Waals surface area contributed by atoms with Gasteiger partial charge in [-0.1, -0.05) is 35.5 Å². The zero-order valence-electron chi connectivity index (χ0n) is 10.9. The van der Waals surface area contributed by atoms with Crippen LogP contribution in [0.4, 0.5) is 0 Å². The van der Waals surface area contributed by atoms with E-state index in [0.717, 1.165) is 11.0 Å². The molecule has 0 bridgehead atoms. The molecule has 1 unspecified atom stereocenters. The second kappa shape index (κ2) is 5.17. The Morgan fingerprint density at radius 3 is 2.71 bits per heavy atom. The summed E-state index contributed by atoms with van der Waals surface area (Å²) in [6.45, 7) is 0. The lowest BCUT2D eigenvalue weighted by Crippen LogP contribution is -2.35. The Hall–Kier alpha value is -2.41. The molecule has 2 heterocycles. The molecule has 21 heavy (non-hydrogen) atoms. The quantitative estimate of drug-likeness (QED) is 0.925. The van der Waals surface area contributed by atoms with Crippen LogP contribution in [0, 0.1) is 0 Å². The largest absolute Gasteiger partial charge is 0.355 e. The first kappa shape index (κ1) is 13.6. The lowest BCUT2D eigenvalue weighted by molar-refractivity contribution is 0.0938. The highest BCUT2D eigenvalue weighted by Crippen LogP contribution is 2.19. The zero-order chi connectivity index (χ0) is 14.9. The van der Waals surface area contributed by atoms with Crippen LogP contribution in [-0.4, -0.2) is 31.3 Å². The monoisotopic (exact) mass is 304 g/mol. The van der Waals surface area contributed by atoms with E-state index in [1.165, 1.54) is 12.1 Å². The molecule has 0 fully saturated rings. The summed E-state index contributed by atoms with van der Waals surface area (Å²) in [6, 6.07) is 10.3. The van der Waals surface area contributed by atoms with Crippen LogP contribution in [-0.2, 0) is 9.84 Å². The van der Waals surface area contributed by atoms with E-state index < -0.39 is 21.8 Å². The zero-order valence-corrected chi connectivity index (χ0v) is 11.7. The summed E-state index contributed by atoms with van der Waals surface area (Å²) in [5.41, 5.74) is 0.930. The molecule has 7 heteroatoms. The number of carbonyl (C=O) groups is 1. The Labute approximate surface area is 121 Å². The predicted octanol–water partition coefficient (Wildman–Crippen LogP) is 1.38. The highest BCUT2D eigenvalue weighted by atomic mass is 32.2. The maximum atomic E-state index is 12.0. The van der Waals surface area contributed by atoms with Crippen LogP contribution in [0.1, 0.15) is 10.5 Å². The highest BCUT2D eigenvalue weighted by Gasteiger charge is 2.24. The van der Waals surface area contributed by atoms with Gasteiger partial charge < -0.3 is 9.84 Å². The first-order chi connectivity index (χ1) is 10.0. The second-order valence-electron chi connectivity index (χ2n) is 4.68. The molecule has 1 aliphatic heterocycles. The van der Waals surface area contributed by atoms with Gasteiger partial charge >= 0.3 is 0 Å². The summed E-state index contributed by atoms with van der Waals surface area (Å²) < 4.78 is 27.7. The number of sulfone groups is 1. The summed E-state index contributed by atoms with van der Waals surface area (Å²) in [5, 5.41) is 7.41. The van der Waals surface area contributed by atoms with Gasteiger partial charge in [0.05, 0.1) is 11.8 Å². The van der Waals surface area contributed by atoms with Crippen molar-refractivity contribution in [1.29, 1.82) is 0 Å². The number of hydrogen-bond acceptors (Lipinski definition) is 5. The number of aromatic nitrogens is 1. The van der Waals surface area contributed by atoms with E-state index >= 15 is 0 Å². The summed E-state index contributed by atoms with van der Waals surface area (Å²) in [5.74, 6) is -0.106. The minimum atomic E-state index is -3.20. The molecule has 1 aliphatic rings. The van der Waals surface area contributed by atoms with Gasteiger partial charge in [-0.05, 0) is 6.08 Å². The van der Waals surface area contributed by atoms with Gasteiger partial charge in [0.2, 0.25) is 0 Å². The third-order valence-electron chi connectivity index (χ3n) is 3.05. The Balaban J connectivity index is 1.72. The van der Waals surface area contributed by atoms with Gasteiger partial charge in [-0.25, -0.2) is 8.42 Å². The van der Waals surface area contributed by atoms with E-state index in [2.05, 4.69) is 10.5 Å². The molecule has 0 saturated carbocycles. The first-order valence-electron chi connectivity index (χ1n) is 6.27. The van der Waals surface area contributed by atoms with Crippen molar-refractivity contribution in [2.45, 2.75) is 6.04 Å². The van der Waals surface area contributed by atoms with Crippen molar-refractivity contribution >= 4 is 15.7 Å². The van der Waals surface area contributed by atoms with Crippen LogP contribution in [0.3, 0.4) is 0 Å². The molecular formula is C14H12N2O4S. The molecule has 1 aromatic heterocycles. The Morgan fingerprint density at radius 1 is 1.29 bits per heavy atom. The standard InChI is InChI=1S/C14H12N2O4S/c17-14(15-11-6-7-21(18,19)9-11)12-8-13(20-16-12)10-4-2-1-3-5-10/h1-8,11H,9H2,(H,15,17). The summed E-state index contributed by atoms with van der Waals surface area (Å²) in [4.78, 5) is 12.0. The van der Waals surface area contributed by atoms with Crippen LogP contribution in [0.2, 0.25) is 0 Å². The normalized spacial score (nSPS) is 19.5. The smallest absolute Gasteiger partial charge is 0.273 e. The predicted molar refractivity (Wildman–Crippen MR) is 76.1 cm³/mol. The van der Waals surface area contributed by atoms with Gasteiger partial charge in [0.1, 0.15) is 0 Å². The number of hydrogen-bond donors (Lipinski definition) is 1. The van der Waals surface area contributed by atoms with Crippen molar-refractivity contribution in [3.63, 3.8) is 0 Å². The molecule has 1 N–H and O–H groups in total. The number of carbonyl (C=O) groups excluding carboxylic acids is 1. The molecule has 6 nitrogen and oxygen atoms in total. The van der Waals surface area contributed by atoms with Crippen molar-refractivity contribution < 1.29 is 17.7 Å². The van der Waals surface area contributed by atoms with Crippen LogP contribution in [0.5, 0.6) is 0 Å². The van der Waals surface area contributed by atoms with Gasteiger partial charge in [0.15, 0.2) is 21.3 Å². The molecule has 0 saturated heterocycles.